The molecule has 2 aromatic carbocycles. The van der Waals surface area contributed by atoms with Crippen molar-refractivity contribution in [2.24, 2.45) is 0 Å². The van der Waals surface area contributed by atoms with Gasteiger partial charge in [0.2, 0.25) is 11.8 Å². The standard InChI is InChI=1S/C22H25ClN2O3/c1-15(17-6-4-3-5-7-17)13-24-21(26)10-11-22(27)25-14-16(2)28-20-9-8-18(23)12-19(20)25/h3-9,12,15-16H,10-11,13-14H2,1-2H3,(H,24,26)/t15-,16+/m0/s1. The van der Waals surface area contributed by atoms with Crippen LogP contribution in [0.25, 0.3) is 0 Å². The third kappa shape index (κ3) is 5.04. The summed E-state index contributed by atoms with van der Waals surface area (Å²) in [7, 11) is 0. The number of nitrogens with zero attached hydrogens (tertiary/aromatic N) is 1. The molecule has 1 aliphatic heterocycles. The number of anilines is 1. The zero-order valence-corrected chi connectivity index (χ0v) is 16.9. The van der Waals surface area contributed by atoms with Gasteiger partial charge in [-0.25, -0.2) is 0 Å². The Labute approximate surface area is 170 Å². The lowest BCUT2D eigenvalue weighted by molar-refractivity contribution is -0.125. The molecule has 148 valence electrons. The third-order valence-electron chi connectivity index (χ3n) is 4.82. The highest BCUT2D eigenvalue weighted by molar-refractivity contribution is 6.31. The van der Waals surface area contributed by atoms with E-state index in [1.54, 1.807) is 23.1 Å². The summed E-state index contributed by atoms with van der Waals surface area (Å²) in [6, 6.07) is 15.3. The molecule has 3 rings (SSSR count). The van der Waals surface area contributed by atoms with E-state index in [-0.39, 0.29) is 36.7 Å². The Morgan fingerprint density at radius 3 is 2.71 bits per heavy atom. The molecular weight excluding hydrogens is 376 g/mol. The highest BCUT2D eigenvalue weighted by atomic mass is 35.5. The summed E-state index contributed by atoms with van der Waals surface area (Å²) < 4.78 is 5.77. The second kappa shape index (κ2) is 9.11. The lowest BCUT2D eigenvalue weighted by atomic mass is 10.0. The first-order chi connectivity index (χ1) is 13.4. The molecule has 5 nitrogen and oxygen atoms in total. The van der Waals surface area contributed by atoms with E-state index in [0.717, 1.165) is 0 Å². The topological polar surface area (TPSA) is 58.6 Å². The molecule has 0 spiro atoms. The number of rotatable bonds is 6. The molecule has 2 aromatic rings. The molecular formula is C22H25ClN2O3. The van der Waals surface area contributed by atoms with Crippen LogP contribution in [0.15, 0.2) is 48.5 Å². The molecule has 1 N–H and O–H groups in total. The Morgan fingerprint density at radius 1 is 1.21 bits per heavy atom. The van der Waals surface area contributed by atoms with Crippen LogP contribution >= 0.6 is 11.6 Å². The monoisotopic (exact) mass is 400 g/mol. The number of nitrogens with one attached hydrogen (secondary N) is 1. The summed E-state index contributed by atoms with van der Waals surface area (Å²) in [4.78, 5) is 26.6. The SMILES string of the molecule is C[C@@H]1CN(C(=O)CCC(=O)NC[C@H](C)c2ccccc2)c2cc(Cl)ccc2O1. The van der Waals surface area contributed by atoms with Gasteiger partial charge in [-0.3, -0.25) is 9.59 Å². The van der Waals surface area contributed by atoms with Crippen LogP contribution in [0.2, 0.25) is 5.02 Å². The first kappa shape index (κ1) is 20.2. The van der Waals surface area contributed by atoms with Gasteiger partial charge in [-0.05, 0) is 36.6 Å². The van der Waals surface area contributed by atoms with Crippen LogP contribution in [0.3, 0.4) is 0 Å². The van der Waals surface area contributed by atoms with E-state index in [1.165, 1.54) is 5.56 Å². The molecule has 0 saturated heterocycles. The van der Waals surface area contributed by atoms with Crippen molar-refractivity contribution in [2.75, 3.05) is 18.0 Å². The van der Waals surface area contributed by atoms with Crippen molar-refractivity contribution in [3.63, 3.8) is 0 Å². The average molecular weight is 401 g/mol. The van der Waals surface area contributed by atoms with Crippen LogP contribution in [-0.2, 0) is 9.59 Å². The van der Waals surface area contributed by atoms with Crippen molar-refractivity contribution in [3.05, 3.63) is 59.1 Å². The summed E-state index contributed by atoms with van der Waals surface area (Å²) in [6.07, 6.45) is 0.185. The van der Waals surface area contributed by atoms with Crippen LogP contribution in [0, 0.1) is 0 Å². The first-order valence-electron chi connectivity index (χ1n) is 9.52. The van der Waals surface area contributed by atoms with Crippen molar-refractivity contribution in [3.8, 4) is 5.75 Å². The molecule has 0 aliphatic carbocycles. The average Bonchev–Trinajstić information content (AvgIpc) is 2.70. The number of fused-ring (bicyclic) bond motifs is 1. The smallest absolute Gasteiger partial charge is 0.227 e. The van der Waals surface area contributed by atoms with Gasteiger partial charge in [0.1, 0.15) is 11.9 Å². The summed E-state index contributed by atoms with van der Waals surface area (Å²) in [6.45, 7) is 4.97. The van der Waals surface area contributed by atoms with Crippen molar-refractivity contribution in [1.82, 2.24) is 5.32 Å². The Hall–Kier alpha value is -2.53. The summed E-state index contributed by atoms with van der Waals surface area (Å²) >= 11 is 6.07. The second-order valence-electron chi connectivity index (χ2n) is 7.16. The number of hydrogen-bond donors (Lipinski definition) is 1. The molecule has 0 unspecified atom stereocenters. The van der Waals surface area contributed by atoms with E-state index >= 15 is 0 Å². The fraction of sp³-hybridized carbons (Fsp3) is 0.364. The zero-order valence-electron chi connectivity index (χ0n) is 16.2. The van der Waals surface area contributed by atoms with Gasteiger partial charge in [-0.15, -0.1) is 0 Å². The van der Waals surface area contributed by atoms with Crippen LogP contribution in [0.5, 0.6) is 5.75 Å². The molecule has 2 atom stereocenters. The van der Waals surface area contributed by atoms with E-state index in [4.69, 9.17) is 16.3 Å². The predicted molar refractivity (Wildman–Crippen MR) is 111 cm³/mol. The lowest BCUT2D eigenvalue weighted by Gasteiger charge is -2.33. The van der Waals surface area contributed by atoms with E-state index in [9.17, 15) is 9.59 Å². The van der Waals surface area contributed by atoms with Gasteiger partial charge in [-0.1, -0.05) is 48.9 Å². The fourth-order valence-corrected chi connectivity index (χ4v) is 3.42. The summed E-state index contributed by atoms with van der Waals surface area (Å²) in [5, 5.41) is 3.46. The van der Waals surface area contributed by atoms with Gasteiger partial charge in [0.15, 0.2) is 0 Å². The number of benzene rings is 2. The Kier molecular flexibility index (Phi) is 6.57. The van der Waals surface area contributed by atoms with Gasteiger partial charge in [-0.2, -0.15) is 0 Å². The van der Waals surface area contributed by atoms with E-state index in [1.807, 2.05) is 37.3 Å². The highest BCUT2D eigenvalue weighted by Crippen LogP contribution is 2.36. The minimum Gasteiger partial charge on any atom is -0.487 e. The maximum absolute atomic E-state index is 12.7. The second-order valence-corrected chi connectivity index (χ2v) is 7.60. The van der Waals surface area contributed by atoms with Crippen molar-refractivity contribution in [2.45, 2.75) is 38.7 Å². The minimum atomic E-state index is -0.122. The Morgan fingerprint density at radius 2 is 1.96 bits per heavy atom. The minimum absolute atomic E-state index is 0.107. The van der Waals surface area contributed by atoms with Crippen LogP contribution in [-0.4, -0.2) is 31.0 Å². The number of carbonyl (C=O) groups excluding carboxylic acids is 2. The number of carbonyl (C=O) groups is 2. The molecule has 28 heavy (non-hydrogen) atoms. The number of halogens is 1. The van der Waals surface area contributed by atoms with Crippen LogP contribution < -0.4 is 15.0 Å². The summed E-state index contributed by atoms with van der Waals surface area (Å²) in [5.74, 6) is 0.626. The van der Waals surface area contributed by atoms with E-state index in [0.29, 0.717) is 29.5 Å². The lowest BCUT2D eigenvalue weighted by Crippen LogP contribution is -2.42. The largest absolute Gasteiger partial charge is 0.487 e. The molecule has 1 aliphatic rings. The quantitative estimate of drug-likeness (QED) is 0.792. The number of amides is 2. The molecule has 1 heterocycles. The Balaban J connectivity index is 1.53. The normalized spacial score (nSPS) is 16.7. The zero-order chi connectivity index (χ0) is 20.1. The maximum atomic E-state index is 12.7. The van der Waals surface area contributed by atoms with Gasteiger partial charge in [0.25, 0.3) is 0 Å². The highest BCUT2D eigenvalue weighted by Gasteiger charge is 2.28. The number of hydrogen-bond acceptors (Lipinski definition) is 3. The fourth-order valence-electron chi connectivity index (χ4n) is 3.26. The first-order valence-corrected chi connectivity index (χ1v) is 9.90. The maximum Gasteiger partial charge on any atom is 0.227 e. The molecule has 0 bridgehead atoms. The van der Waals surface area contributed by atoms with Gasteiger partial charge in [0.05, 0.1) is 12.2 Å². The molecule has 0 saturated carbocycles. The van der Waals surface area contributed by atoms with Gasteiger partial charge >= 0.3 is 0 Å². The predicted octanol–water partition coefficient (Wildman–Crippen LogP) is 4.15. The molecule has 0 aromatic heterocycles. The molecule has 6 heteroatoms. The molecule has 0 fully saturated rings. The van der Waals surface area contributed by atoms with E-state index in [2.05, 4.69) is 12.2 Å². The van der Waals surface area contributed by atoms with Gasteiger partial charge < -0.3 is 15.0 Å². The number of ether oxygens (including phenoxy) is 1. The van der Waals surface area contributed by atoms with Crippen molar-refractivity contribution in [1.29, 1.82) is 0 Å². The van der Waals surface area contributed by atoms with Crippen LogP contribution in [0.4, 0.5) is 5.69 Å². The summed E-state index contributed by atoms with van der Waals surface area (Å²) in [5.41, 5.74) is 1.84. The van der Waals surface area contributed by atoms with Crippen molar-refractivity contribution < 1.29 is 14.3 Å². The molecule has 0 radical (unpaired) electrons. The van der Waals surface area contributed by atoms with E-state index < -0.39 is 0 Å². The van der Waals surface area contributed by atoms with Gasteiger partial charge in [0, 0.05) is 24.4 Å². The van der Waals surface area contributed by atoms with Crippen LogP contribution in [0.1, 0.15) is 38.2 Å². The third-order valence-corrected chi connectivity index (χ3v) is 5.06. The Bertz CT molecular complexity index is 841. The molecule has 2 amide bonds. The van der Waals surface area contributed by atoms with Crippen molar-refractivity contribution >= 4 is 29.1 Å².